The molecule has 3 rings (SSSR count). The molecule has 2 aromatic rings. The number of hydrogen-bond acceptors (Lipinski definition) is 5. The van der Waals surface area contributed by atoms with Crippen LogP contribution in [0, 0.1) is 6.92 Å². The molecule has 1 fully saturated rings. The van der Waals surface area contributed by atoms with Crippen LogP contribution in [-0.2, 0) is 10.2 Å². The normalized spacial score (nSPS) is 17.8. The number of aryl methyl sites for hydroxylation is 1. The number of carbonyl (C=O) groups excluding carboxylic acids is 1. The van der Waals surface area contributed by atoms with Crippen LogP contribution >= 0.6 is 0 Å². The first-order chi connectivity index (χ1) is 14.4. The van der Waals surface area contributed by atoms with E-state index < -0.39 is 16.3 Å². The van der Waals surface area contributed by atoms with Crippen molar-refractivity contribution in [3.8, 4) is 0 Å². The smallest absolute Gasteiger partial charge is 0.282 e. The van der Waals surface area contributed by atoms with E-state index in [1.807, 2.05) is 32.0 Å². The van der Waals surface area contributed by atoms with Crippen LogP contribution in [-0.4, -0.2) is 52.5 Å². The Morgan fingerprint density at radius 3 is 2.57 bits per heavy atom. The average Bonchev–Trinajstić information content (AvgIpc) is 2.75. The quantitative estimate of drug-likeness (QED) is 0.727. The van der Waals surface area contributed by atoms with Gasteiger partial charge in [0.15, 0.2) is 0 Å². The highest BCUT2D eigenvalue weighted by Crippen LogP contribution is 2.35. The second-order valence-corrected chi connectivity index (χ2v) is 9.13. The summed E-state index contributed by atoms with van der Waals surface area (Å²) in [5.41, 5.74) is 1.42. The molecule has 1 saturated heterocycles. The summed E-state index contributed by atoms with van der Waals surface area (Å²) in [5.74, 6) is 0.161. The monoisotopic (exact) mass is 431 g/mol. The summed E-state index contributed by atoms with van der Waals surface area (Å²) in [4.78, 5) is 21.8. The van der Waals surface area contributed by atoms with Gasteiger partial charge in [-0.2, -0.15) is 17.0 Å². The van der Waals surface area contributed by atoms with Crippen molar-refractivity contribution in [3.63, 3.8) is 0 Å². The fraction of sp³-hybridized carbons (Fsp3) is 0.476. The Morgan fingerprint density at radius 1 is 1.20 bits per heavy atom. The van der Waals surface area contributed by atoms with Gasteiger partial charge >= 0.3 is 0 Å². The van der Waals surface area contributed by atoms with E-state index >= 15 is 0 Å². The molecule has 0 bridgehead atoms. The molecule has 1 aromatic carbocycles. The molecule has 8 nitrogen and oxygen atoms in total. The highest BCUT2D eigenvalue weighted by molar-refractivity contribution is 7.86. The molecule has 1 aromatic heterocycles. The van der Waals surface area contributed by atoms with Crippen molar-refractivity contribution < 1.29 is 13.2 Å². The van der Waals surface area contributed by atoms with Crippen LogP contribution in [0.15, 0.2) is 36.5 Å². The maximum absolute atomic E-state index is 13.3. The number of rotatable bonds is 7. The molecular weight excluding hydrogens is 402 g/mol. The van der Waals surface area contributed by atoms with Gasteiger partial charge in [0.25, 0.3) is 16.1 Å². The topological polar surface area (TPSA) is 95.5 Å². The molecule has 0 saturated carbocycles. The Labute approximate surface area is 178 Å². The van der Waals surface area contributed by atoms with E-state index in [9.17, 15) is 13.2 Å². The van der Waals surface area contributed by atoms with Gasteiger partial charge < -0.3 is 5.32 Å². The molecule has 9 heteroatoms. The number of piperidine rings is 1. The lowest BCUT2D eigenvalue weighted by molar-refractivity contribution is 0.102. The van der Waals surface area contributed by atoms with Gasteiger partial charge in [-0.15, -0.1) is 0 Å². The van der Waals surface area contributed by atoms with Crippen LogP contribution in [0.2, 0.25) is 0 Å². The minimum atomic E-state index is -3.66. The molecule has 1 aliphatic heterocycles. The third-order valence-corrected chi connectivity index (χ3v) is 7.51. The average molecular weight is 432 g/mol. The van der Waals surface area contributed by atoms with Crippen LogP contribution in [0.4, 0.5) is 5.69 Å². The highest BCUT2D eigenvalue weighted by Gasteiger charge is 2.38. The molecule has 30 heavy (non-hydrogen) atoms. The molecular formula is C21H29N5O3S. The number of nitrogens with one attached hydrogen (secondary N) is 1. The zero-order chi connectivity index (χ0) is 21.7. The van der Waals surface area contributed by atoms with Gasteiger partial charge in [0.2, 0.25) is 0 Å². The van der Waals surface area contributed by atoms with Crippen molar-refractivity contribution in [1.82, 2.24) is 18.6 Å². The van der Waals surface area contributed by atoms with Crippen LogP contribution in [0.1, 0.15) is 61.0 Å². The summed E-state index contributed by atoms with van der Waals surface area (Å²) in [6.45, 7) is 6.60. The zero-order valence-electron chi connectivity index (χ0n) is 17.7. The van der Waals surface area contributed by atoms with Gasteiger partial charge in [-0.3, -0.25) is 4.79 Å². The van der Waals surface area contributed by atoms with E-state index in [1.165, 1.54) is 14.8 Å². The van der Waals surface area contributed by atoms with E-state index in [1.54, 1.807) is 19.1 Å². The van der Waals surface area contributed by atoms with Gasteiger partial charge in [0.05, 0.1) is 17.3 Å². The Kier molecular flexibility index (Phi) is 7.17. The van der Waals surface area contributed by atoms with Crippen LogP contribution < -0.4 is 5.32 Å². The maximum atomic E-state index is 13.3. The van der Waals surface area contributed by atoms with Crippen molar-refractivity contribution in [2.24, 2.45) is 0 Å². The number of carbonyl (C=O) groups is 1. The lowest BCUT2D eigenvalue weighted by Gasteiger charge is -2.37. The zero-order valence-corrected chi connectivity index (χ0v) is 18.5. The number of para-hydroxylation sites is 1. The summed E-state index contributed by atoms with van der Waals surface area (Å²) >= 11 is 0. The minimum Gasteiger partial charge on any atom is -0.322 e. The first-order valence-corrected chi connectivity index (χ1v) is 11.7. The molecule has 1 amide bonds. The molecule has 1 N–H and O–H groups in total. The fourth-order valence-electron chi connectivity index (χ4n) is 3.79. The summed E-state index contributed by atoms with van der Waals surface area (Å²) in [6.07, 6.45) is 3.76. The molecule has 162 valence electrons. The Bertz CT molecular complexity index is 977. The lowest BCUT2D eigenvalue weighted by atomic mass is 9.98. The minimum absolute atomic E-state index is 0.302. The van der Waals surface area contributed by atoms with Gasteiger partial charge in [-0.25, -0.2) is 9.97 Å². The molecule has 1 aliphatic rings. The van der Waals surface area contributed by atoms with Gasteiger partial charge in [-0.05, 0) is 31.9 Å². The standard InChI is InChI=1S/C21H29N5O3S/c1-4-25(5-2)30(28,29)26-14-10-9-13-19(26)20-18(15-22-16(3)23-20)21(27)24-17-11-7-6-8-12-17/h6-8,11-12,15,19H,4-5,9-10,13-14H2,1-3H3,(H,24,27)/t19-/m1/s1. The van der Waals surface area contributed by atoms with Crippen molar-refractivity contribution in [1.29, 1.82) is 0 Å². The number of hydrogen-bond donors (Lipinski definition) is 1. The molecule has 0 aliphatic carbocycles. The molecule has 0 unspecified atom stereocenters. The van der Waals surface area contributed by atoms with Crippen molar-refractivity contribution in [2.45, 2.75) is 46.1 Å². The van der Waals surface area contributed by atoms with E-state index in [-0.39, 0.29) is 5.91 Å². The van der Waals surface area contributed by atoms with Crippen LogP contribution in [0.25, 0.3) is 0 Å². The summed E-state index contributed by atoms with van der Waals surface area (Å²) in [7, 11) is -3.66. The summed E-state index contributed by atoms with van der Waals surface area (Å²) < 4.78 is 29.5. The summed E-state index contributed by atoms with van der Waals surface area (Å²) in [6, 6.07) is 8.63. The number of anilines is 1. The molecule has 2 heterocycles. The van der Waals surface area contributed by atoms with Crippen molar-refractivity contribution in [2.75, 3.05) is 25.0 Å². The second kappa shape index (κ2) is 9.63. The van der Waals surface area contributed by atoms with E-state index in [2.05, 4.69) is 15.3 Å². The molecule has 0 radical (unpaired) electrons. The van der Waals surface area contributed by atoms with Crippen molar-refractivity contribution in [3.05, 3.63) is 53.6 Å². The van der Waals surface area contributed by atoms with Crippen LogP contribution in [0.5, 0.6) is 0 Å². The Hall–Kier alpha value is -2.36. The first-order valence-electron chi connectivity index (χ1n) is 10.3. The number of nitrogens with zero attached hydrogens (tertiary/aromatic N) is 4. The molecule has 1 atom stereocenters. The largest absolute Gasteiger partial charge is 0.322 e. The predicted molar refractivity (Wildman–Crippen MR) is 116 cm³/mol. The second-order valence-electron chi connectivity index (χ2n) is 7.25. The van der Waals surface area contributed by atoms with Crippen molar-refractivity contribution >= 4 is 21.8 Å². The fourth-order valence-corrected chi connectivity index (χ4v) is 5.62. The SMILES string of the molecule is CCN(CC)S(=O)(=O)N1CCCC[C@@H]1c1nc(C)ncc1C(=O)Nc1ccccc1. The maximum Gasteiger partial charge on any atom is 0.282 e. The number of benzene rings is 1. The third kappa shape index (κ3) is 4.69. The number of amides is 1. The van der Waals surface area contributed by atoms with Gasteiger partial charge in [0.1, 0.15) is 5.82 Å². The predicted octanol–water partition coefficient (Wildman–Crippen LogP) is 3.15. The van der Waals surface area contributed by atoms with E-state index in [4.69, 9.17) is 0 Å². The Balaban J connectivity index is 2.00. The number of aromatic nitrogens is 2. The Morgan fingerprint density at radius 2 is 1.90 bits per heavy atom. The van der Waals surface area contributed by atoms with E-state index in [0.29, 0.717) is 48.8 Å². The first kappa shape index (κ1) is 22.3. The lowest BCUT2D eigenvalue weighted by Crippen LogP contribution is -2.47. The summed E-state index contributed by atoms with van der Waals surface area (Å²) in [5, 5.41) is 2.86. The van der Waals surface area contributed by atoms with Crippen LogP contribution in [0.3, 0.4) is 0 Å². The third-order valence-electron chi connectivity index (χ3n) is 5.31. The van der Waals surface area contributed by atoms with Gasteiger partial charge in [0, 0.05) is 31.5 Å². The molecule has 0 spiro atoms. The van der Waals surface area contributed by atoms with Gasteiger partial charge in [-0.1, -0.05) is 38.5 Å². The van der Waals surface area contributed by atoms with E-state index in [0.717, 1.165) is 12.8 Å². The highest BCUT2D eigenvalue weighted by atomic mass is 32.2.